The highest BCUT2D eigenvalue weighted by atomic mass is 32.2. The fourth-order valence-corrected chi connectivity index (χ4v) is 5.28. The van der Waals surface area contributed by atoms with Gasteiger partial charge >= 0.3 is 0 Å². The Morgan fingerprint density at radius 1 is 1.32 bits per heavy atom. The van der Waals surface area contributed by atoms with E-state index in [0.717, 1.165) is 43.2 Å². The number of aryl methyl sites for hydroxylation is 1. The van der Waals surface area contributed by atoms with Crippen LogP contribution in [0.1, 0.15) is 47.1 Å². The monoisotopic (exact) mass is 320 g/mol. The number of aromatic nitrogens is 1. The van der Waals surface area contributed by atoms with Crippen LogP contribution in [-0.4, -0.2) is 52.2 Å². The Hall–Kier alpha value is -0.940. The van der Waals surface area contributed by atoms with Crippen LogP contribution in [0.4, 0.5) is 0 Å². The number of carbonyl (C=O) groups excluding carboxylic acids is 1. The van der Waals surface area contributed by atoms with Crippen molar-refractivity contribution in [2.24, 2.45) is 0 Å². The van der Waals surface area contributed by atoms with E-state index in [1.807, 2.05) is 11.8 Å². The highest BCUT2D eigenvalue weighted by Crippen LogP contribution is 2.39. The van der Waals surface area contributed by atoms with Crippen molar-refractivity contribution in [3.63, 3.8) is 0 Å². The molecule has 2 aliphatic heterocycles. The van der Waals surface area contributed by atoms with Crippen LogP contribution in [0.2, 0.25) is 0 Å². The van der Waals surface area contributed by atoms with Crippen LogP contribution in [0.3, 0.4) is 0 Å². The minimum atomic E-state index is 0.234. The van der Waals surface area contributed by atoms with Gasteiger partial charge in [0, 0.05) is 47.6 Å². The van der Waals surface area contributed by atoms with E-state index < -0.39 is 0 Å². The number of amides is 1. The standard InChI is InChI=1S/C17H24N2O2S/c1-11-9-14(12(2)19(11)13-3-4-13)17(20)18-6-8-22-16-10-21-7-5-15(16)18/h9,13,15-16H,3-8,10H2,1-2H3/t15-,16+/m1/s1. The summed E-state index contributed by atoms with van der Waals surface area (Å²) in [5.41, 5.74) is 3.31. The molecule has 2 saturated heterocycles. The summed E-state index contributed by atoms with van der Waals surface area (Å²) in [5, 5.41) is 0.457. The number of hydrogen-bond acceptors (Lipinski definition) is 3. The second-order valence-electron chi connectivity index (χ2n) is 6.72. The van der Waals surface area contributed by atoms with Crippen LogP contribution in [0.25, 0.3) is 0 Å². The predicted octanol–water partition coefficient (Wildman–Crippen LogP) is 2.79. The summed E-state index contributed by atoms with van der Waals surface area (Å²) in [7, 11) is 0. The Morgan fingerprint density at radius 3 is 2.91 bits per heavy atom. The van der Waals surface area contributed by atoms with Crippen LogP contribution in [0.5, 0.6) is 0 Å². The van der Waals surface area contributed by atoms with Crippen molar-refractivity contribution in [1.29, 1.82) is 0 Å². The van der Waals surface area contributed by atoms with Gasteiger partial charge in [-0.3, -0.25) is 4.79 Å². The number of hydrogen-bond donors (Lipinski definition) is 0. The van der Waals surface area contributed by atoms with E-state index in [-0.39, 0.29) is 5.91 Å². The van der Waals surface area contributed by atoms with Crippen LogP contribution < -0.4 is 0 Å². The Morgan fingerprint density at radius 2 is 2.14 bits per heavy atom. The molecule has 0 radical (unpaired) electrons. The fourth-order valence-electron chi connectivity index (χ4n) is 3.98. The first-order valence-corrected chi connectivity index (χ1v) is 9.40. The quantitative estimate of drug-likeness (QED) is 0.840. The lowest BCUT2D eigenvalue weighted by molar-refractivity contribution is 0.0318. The molecule has 4 nitrogen and oxygen atoms in total. The fraction of sp³-hybridized carbons (Fsp3) is 0.706. The van der Waals surface area contributed by atoms with E-state index >= 15 is 0 Å². The molecule has 4 rings (SSSR count). The smallest absolute Gasteiger partial charge is 0.255 e. The Labute approximate surface area is 136 Å². The molecule has 2 atom stereocenters. The van der Waals surface area contributed by atoms with Gasteiger partial charge in [-0.1, -0.05) is 0 Å². The van der Waals surface area contributed by atoms with Crippen molar-refractivity contribution >= 4 is 17.7 Å². The molecule has 5 heteroatoms. The number of thioether (sulfide) groups is 1. The summed E-state index contributed by atoms with van der Waals surface area (Å²) >= 11 is 1.97. The van der Waals surface area contributed by atoms with E-state index in [1.165, 1.54) is 18.5 Å². The third-order valence-corrected chi connectivity index (χ3v) is 6.52. The lowest BCUT2D eigenvalue weighted by Crippen LogP contribution is -2.54. The zero-order chi connectivity index (χ0) is 15.3. The molecule has 1 amide bonds. The largest absolute Gasteiger partial charge is 0.380 e. The van der Waals surface area contributed by atoms with E-state index in [2.05, 4.69) is 29.4 Å². The molecule has 0 unspecified atom stereocenters. The van der Waals surface area contributed by atoms with Gasteiger partial charge in [-0.25, -0.2) is 0 Å². The minimum absolute atomic E-state index is 0.234. The lowest BCUT2D eigenvalue weighted by atomic mass is 10.0. The van der Waals surface area contributed by atoms with Crippen molar-refractivity contribution in [1.82, 2.24) is 9.47 Å². The Balaban J connectivity index is 1.62. The Kier molecular flexibility index (Phi) is 3.73. The summed E-state index contributed by atoms with van der Waals surface area (Å²) in [5.74, 6) is 1.26. The third-order valence-electron chi connectivity index (χ3n) is 5.22. The molecule has 0 spiro atoms. The average Bonchev–Trinajstić information content (AvgIpc) is 3.32. The lowest BCUT2D eigenvalue weighted by Gasteiger charge is -2.43. The summed E-state index contributed by atoms with van der Waals surface area (Å²) in [4.78, 5) is 15.3. The second-order valence-corrected chi connectivity index (χ2v) is 8.07. The summed E-state index contributed by atoms with van der Waals surface area (Å²) in [6, 6.07) is 3.09. The molecule has 120 valence electrons. The summed E-state index contributed by atoms with van der Waals surface area (Å²) in [6.07, 6.45) is 3.49. The van der Waals surface area contributed by atoms with Crippen molar-refractivity contribution in [3.8, 4) is 0 Å². The SMILES string of the molecule is Cc1cc(C(=O)N2CCS[C@H]3COCC[C@H]32)c(C)n1C1CC1. The van der Waals surface area contributed by atoms with Gasteiger partial charge in [-0.2, -0.15) is 11.8 Å². The molecule has 0 bridgehead atoms. The molecular formula is C17H24N2O2S. The van der Waals surface area contributed by atoms with Gasteiger partial charge < -0.3 is 14.2 Å². The van der Waals surface area contributed by atoms with Gasteiger partial charge in [0.25, 0.3) is 5.91 Å². The maximum absolute atomic E-state index is 13.1. The maximum Gasteiger partial charge on any atom is 0.255 e. The summed E-state index contributed by atoms with van der Waals surface area (Å²) in [6.45, 7) is 6.69. The van der Waals surface area contributed by atoms with Crippen molar-refractivity contribution in [2.45, 2.75) is 50.4 Å². The van der Waals surface area contributed by atoms with E-state index in [4.69, 9.17) is 4.74 Å². The van der Waals surface area contributed by atoms with Crippen LogP contribution in [0.15, 0.2) is 6.07 Å². The number of ether oxygens (including phenoxy) is 1. The molecule has 0 N–H and O–H groups in total. The van der Waals surface area contributed by atoms with Gasteiger partial charge in [0.1, 0.15) is 0 Å². The number of nitrogens with zero attached hydrogens (tertiary/aromatic N) is 2. The predicted molar refractivity (Wildman–Crippen MR) is 88.7 cm³/mol. The molecule has 3 fully saturated rings. The number of fused-ring (bicyclic) bond motifs is 1. The van der Waals surface area contributed by atoms with Gasteiger partial charge in [-0.15, -0.1) is 0 Å². The second kappa shape index (κ2) is 5.60. The van der Waals surface area contributed by atoms with E-state index in [9.17, 15) is 4.79 Å². The molecule has 1 aromatic rings. The van der Waals surface area contributed by atoms with Crippen molar-refractivity contribution < 1.29 is 9.53 Å². The molecule has 1 aromatic heterocycles. The first-order valence-electron chi connectivity index (χ1n) is 8.35. The Bertz CT molecular complexity index is 592. The van der Waals surface area contributed by atoms with Gasteiger partial charge in [-0.05, 0) is 39.2 Å². The first-order chi connectivity index (χ1) is 10.7. The topological polar surface area (TPSA) is 34.5 Å². The van der Waals surface area contributed by atoms with E-state index in [0.29, 0.717) is 17.3 Å². The number of carbonyl (C=O) groups is 1. The molecule has 22 heavy (non-hydrogen) atoms. The highest BCUT2D eigenvalue weighted by Gasteiger charge is 2.38. The van der Waals surface area contributed by atoms with Gasteiger partial charge in [0.15, 0.2) is 0 Å². The molecule has 0 aromatic carbocycles. The van der Waals surface area contributed by atoms with Crippen molar-refractivity contribution in [2.75, 3.05) is 25.5 Å². The third kappa shape index (κ3) is 2.38. The van der Waals surface area contributed by atoms with Crippen molar-refractivity contribution in [3.05, 3.63) is 23.0 Å². The van der Waals surface area contributed by atoms with Gasteiger partial charge in [0.05, 0.1) is 12.2 Å². The molecular weight excluding hydrogens is 296 g/mol. The number of rotatable bonds is 2. The average molecular weight is 320 g/mol. The van der Waals surface area contributed by atoms with Crippen LogP contribution in [0, 0.1) is 13.8 Å². The first kappa shape index (κ1) is 14.6. The molecule has 3 heterocycles. The van der Waals surface area contributed by atoms with E-state index in [1.54, 1.807) is 0 Å². The zero-order valence-corrected chi connectivity index (χ0v) is 14.2. The molecule has 3 aliphatic rings. The minimum Gasteiger partial charge on any atom is -0.380 e. The highest BCUT2D eigenvalue weighted by molar-refractivity contribution is 8.00. The summed E-state index contributed by atoms with van der Waals surface area (Å²) < 4.78 is 7.96. The maximum atomic E-state index is 13.1. The van der Waals surface area contributed by atoms with Gasteiger partial charge in [0.2, 0.25) is 0 Å². The molecule has 1 aliphatic carbocycles. The normalized spacial score (nSPS) is 28.5. The van der Waals surface area contributed by atoms with Crippen LogP contribution in [-0.2, 0) is 4.74 Å². The van der Waals surface area contributed by atoms with Crippen LogP contribution >= 0.6 is 11.8 Å². The molecule has 1 saturated carbocycles. The zero-order valence-electron chi connectivity index (χ0n) is 13.4.